The van der Waals surface area contributed by atoms with Crippen LogP contribution >= 0.6 is 0 Å². The molecule has 0 saturated carbocycles. The molecule has 0 aliphatic heterocycles. The van der Waals surface area contributed by atoms with Crippen LogP contribution in [0.2, 0.25) is 0 Å². The molecule has 3 aromatic carbocycles. The van der Waals surface area contributed by atoms with E-state index >= 15 is 0 Å². The van der Waals surface area contributed by atoms with E-state index in [1.807, 2.05) is 48.5 Å². The van der Waals surface area contributed by atoms with Crippen molar-refractivity contribution in [3.8, 4) is 22.6 Å². The van der Waals surface area contributed by atoms with Crippen LogP contribution in [0.4, 0.5) is 4.79 Å². The number of hydrogen-bond acceptors (Lipinski definition) is 5. The minimum atomic E-state index is -1.73. The Morgan fingerprint density at radius 3 is 2.03 bits per heavy atom. The van der Waals surface area contributed by atoms with Gasteiger partial charge in [0, 0.05) is 5.92 Å². The molecule has 7 nitrogen and oxygen atoms in total. The van der Waals surface area contributed by atoms with Crippen LogP contribution in [0.1, 0.15) is 29.5 Å². The zero-order valence-electron chi connectivity index (χ0n) is 18.6. The van der Waals surface area contributed by atoms with E-state index in [0.717, 1.165) is 22.3 Å². The van der Waals surface area contributed by atoms with Crippen LogP contribution < -0.4 is 14.8 Å². The lowest BCUT2D eigenvalue weighted by Gasteiger charge is -2.27. The van der Waals surface area contributed by atoms with Crippen LogP contribution in [0.25, 0.3) is 11.1 Å². The molecule has 4 rings (SSSR count). The van der Waals surface area contributed by atoms with Gasteiger partial charge in [0.15, 0.2) is 17.0 Å². The highest BCUT2D eigenvalue weighted by Gasteiger charge is 2.39. The number of nitrogens with one attached hydrogen (secondary N) is 1. The van der Waals surface area contributed by atoms with Crippen molar-refractivity contribution in [2.24, 2.45) is 0 Å². The Hall–Kier alpha value is -4.00. The van der Waals surface area contributed by atoms with Gasteiger partial charge in [-0.2, -0.15) is 0 Å². The van der Waals surface area contributed by atoms with Gasteiger partial charge in [-0.1, -0.05) is 54.6 Å². The number of rotatable bonds is 7. The molecule has 1 aliphatic rings. The van der Waals surface area contributed by atoms with Gasteiger partial charge >= 0.3 is 12.1 Å². The van der Waals surface area contributed by atoms with Crippen molar-refractivity contribution in [1.82, 2.24) is 5.32 Å². The molecule has 1 atom stereocenters. The van der Waals surface area contributed by atoms with Gasteiger partial charge in [-0.25, -0.2) is 9.59 Å². The van der Waals surface area contributed by atoms with E-state index in [-0.39, 0.29) is 12.5 Å². The summed E-state index contributed by atoms with van der Waals surface area (Å²) in [5, 5.41) is 12.4. The average Bonchev–Trinajstić information content (AvgIpc) is 3.15. The van der Waals surface area contributed by atoms with Crippen LogP contribution in [-0.2, 0) is 15.1 Å². The highest BCUT2D eigenvalue weighted by Crippen LogP contribution is 2.44. The lowest BCUT2D eigenvalue weighted by molar-refractivity contribution is -0.144. The highest BCUT2D eigenvalue weighted by atomic mass is 16.5. The van der Waals surface area contributed by atoms with E-state index in [9.17, 15) is 14.7 Å². The van der Waals surface area contributed by atoms with Crippen molar-refractivity contribution in [2.75, 3.05) is 20.8 Å². The second kappa shape index (κ2) is 8.86. The minimum Gasteiger partial charge on any atom is -0.493 e. The molecule has 0 heterocycles. The number of aliphatic carboxylic acids is 1. The predicted molar refractivity (Wildman–Crippen MR) is 123 cm³/mol. The molecular formula is C26H25NO6. The van der Waals surface area contributed by atoms with Gasteiger partial charge in [0.25, 0.3) is 0 Å². The summed E-state index contributed by atoms with van der Waals surface area (Å²) < 4.78 is 16.0. The van der Waals surface area contributed by atoms with Gasteiger partial charge in [-0.3, -0.25) is 0 Å². The fraction of sp³-hybridized carbons (Fsp3) is 0.231. The number of carboxylic acid groups (broad SMARTS) is 1. The van der Waals surface area contributed by atoms with E-state index in [2.05, 4.69) is 5.32 Å². The molecule has 0 aromatic heterocycles. The molecule has 1 amide bonds. The number of carbonyl (C=O) groups is 2. The number of ether oxygens (including phenoxy) is 3. The van der Waals surface area contributed by atoms with Gasteiger partial charge in [-0.05, 0) is 46.9 Å². The smallest absolute Gasteiger partial charge is 0.408 e. The molecule has 33 heavy (non-hydrogen) atoms. The molecule has 7 heteroatoms. The zero-order chi connectivity index (χ0) is 23.6. The Morgan fingerprint density at radius 1 is 0.909 bits per heavy atom. The molecule has 0 spiro atoms. The molecule has 1 unspecified atom stereocenters. The third kappa shape index (κ3) is 3.98. The minimum absolute atomic E-state index is 0.0848. The molecule has 170 valence electrons. The van der Waals surface area contributed by atoms with Gasteiger partial charge in [0.05, 0.1) is 14.2 Å². The van der Waals surface area contributed by atoms with Crippen molar-refractivity contribution in [2.45, 2.75) is 18.4 Å². The second-order valence-corrected chi connectivity index (χ2v) is 7.95. The summed E-state index contributed by atoms with van der Waals surface area (Å²) in [7, 11) is 2.95. The quantitative estimate of drug-likeness (QED) is 0.552. The molecule has 0 fully saturated rings. The lowest BCUT2D eigenvalue weighted by Crippen LogP contribution is -2.50. The first-order chi connectivity index (χ1) is 15.9. The largest absolute Gasteiger partial charge is 0.493 e. The maximum atomic E-state index is 12.7. The summed E-state index contributed by atoms with van der Waals surface area (Å²) in [6, 6.07) is 20.7. The van der Waals surface area contributed by atoms with Crippen LogP contribution in [-0.4, -0.2) is 38.0 Å². The summed E-state index contributed by atoms with van der Waals surface area (Å²) in [4.78, 5) is 24.9. The number of hydrogen-bond donors (Lipinski definition) is 2. The Morgan fingerprint density at radius 2 is 1.48 bits per heavy atom. The van der Waals surface area contributed by atoms with E-state index in [1.165, 1.54) is 27.2 Å². The molecular weight excluding hydrogens is 422 g/mol. The number of methoxy groups -OCH3 is 2. The van der Waals surface area contributed by atoms with E-state index in [4.69, 9.17) is 14.2 Å². The number of carbonyl (C=O) groups excluding carboxylic acids is 1. The number of amides is 1. The van der Waals surface area contributed by atoms with E-state index < -0.39 is 17.6 Å². The van der Waals surface area contributed by atoms with Crippen molar-refractivity contribution in [3.05, 3.63) is 83.4 Å². The van der Waals surface area contributed by atoms with Crippen molar-refractivity contribution in [1.29, 1.82) is 0 Å². The number of benzene rings is 3. The summed E-state index contributed by atoms with van der Waals surface area (Å²) in [6.45, 7) is 1.49. The van der Waals surface area contributed by atoms with Crippen LogP contribution in [0.15, 0.2) is 66.7 Å². The lowest BCUT2D eigenvalue weighted by atomic mass is 9.92. The van der Waals surface area contributed by atoms with Crippen LogP contribution in [0, 0.1) is 0 Å². The maximum absolute atomic E-state index is 12.7. The molecule has 0 bridgehead atoms. The standard InChI is InChI=1S/C26H25NO6/c1-26(24(28)29,16-12-13-22(31-2)23(14-16)32-3)27-25(30)33-15-21-19-10-6-4-8-17(19)18-9-5-7-11-20(18)21/h4-14,21H,15H2,1-3H3,(H,27,30)(H,28,29). The average molecular weight is 447 g/mol. The number of carboxylic acids is 1. The van der Waals surface area contributed by atoms with Crippen molar-refractivity contribution in [3.63, 3.8) is 0 Å². The van der Waals surface area contributed by atoms with Crippen LogP contribution in [0.5, 0.6) is 11.5 Å². The van der Waals surface area contributed by atoms with Gasteiger partial charge < -0.3 is 24.6 Å². The van der Waals surface area contributed by atoms with Crippen molar-refractivity contribution < 1.29 is 28.9 Å². The number of fused-ring (bicyclic) bond motifs is 3. The zero-order valence-corrected chi connectivity index (χ0v) is 18.6. The maximum Gasteiger partial charge on any atom is 0.408 e. The Labute approximate surface area is 191 Å². The summed E-state index contributed by atoms with van der Waals surface area (Å²) in [6.07, 6.45) is -0.823. The Balaban J connectivity index is 1.54. The van der Waals surface area contributed by atoms with Gasteiger partial charge in [-0.15, -0.1) is 0 Å². The third-order valence-corrected chi connectivity index (χ3v) is 6.08. The fourth-order valence-corrected chi connectivity index (χ4v) is 4.23. The molecule has 1 aliphatic carbocycles. The highest BCUT2D eigenvalue weighted by molar-refractivity contribution is 5.86. The first-order valence-corrected chi connectivity index (χ1v) is 10.5. The van der Waals surface area contributed by atoms with Gasteiger partial charge in [0.2, 0.25) is 0 Å². The topological polar surface area (TPSA) is 94.1 Å². The summed E-state index contributed by atoms with van der Waals surface area (Å²) >= 11 is 0. The fourth-order valence-electron chi connectivity index (χ4n) is 4.23. The first-order valence-electron chi connectivity index (χ1n) is 10.5. The summed E-state index contributed by atoms with van der Waals surface area (Å²) in [5.74, 6) is -0.546. The van der Waals surface area contributed by atoms with Crippen LogP contribution in [0.3, 0.4) is 0 Å². The monoisotopic (exact) mass is 447 g/mol. The molecule has 0 radical (unpaired) electrons. The normalized spacial score (nSPS) is 13.9. The third-order valence-electron chi connectivity index (χ3n) is 6.08. The predicted octanol–water partition coefficient (Wildman–Crippen LogP) is 4.54. The number of alkyl carbamates (subject to hydrolysis) is 1. The molecule has 0 saturated heterocycles. The Bertz CT molecular complexity index is 1160. The summed E-state index contributed by atoms with van der Waals surface area (Å²) in [5.41, 5.74) is 2.97. The Kier molecular flexibility index (Phi) is 5.96. The van der Waals surface area contributed by atoms with Gasteiger partial charge in [0.1, 0.15) is 6.61 Å². The van der Waals surface area contributed by atoms with E-state index in [0.29, 0.717) is 17.1 Å². The molecule has 2 N–H and O–H groups in total. The molecule has 3 aromatic rings. The second-order valence-electron chi connectivity index (χ2n) is 7.95. The first kappa shape index (κ1) is 22.2. The SMILES string of the molecule is COc1ccc(C(C)(NC(=O)OCC2c3ccccc3-c3ccccc32)C(=O)O)cc1OC. The van der Waals surface area contributed by atoms with E-state index in [1.54, 1.807) is 12.1 Å². The van der Waals surface area contributed by atoms with Crippen molar-refractivity contribution >= 4 is 12.1 Å².